The van der Waals surface area contributed by atoms with Crippen LogP contribution >= 0.6 is 0 Å². The Balaban J connectivity index is 1.36. The van der Waals surface area contributed by atoms with Gasteiger partial charge in [0.05, 0.1) is 24.0 Å². The van der Waals surface area contributed by atoms with Crippen LogP contribution in [0.3, 0.4) is 0 Å². The molecule has 0 fully saturated rings. The van der Waals surface area contributed by atoms with Gasteiger partial charge in [0.25, 0.3) is 5.91 Å². The molecule has 8 nitrogen and oxygen atoms in total. The Morgan fingerprint density at radius 3 is 2.87 bits per heavy atom. The molecule has 5 rings (SSSR count). The smallest absolute Gasteiger partial charge is 0.270 e. The molecule has 3 heterocycles. The molecule has 1 atom stereocenters. The second kappa shape index (κ2) is 7.71. The predicted molar refractivity (Wildman–Crippen MR) is 117 cm³/mol. The van der Waals surface area contributed by atoms with Gasteiger partial charge < -0.3 is 24.1 Å². The van der Waals surface area contributed by atoms with Gasteiger partial charge in [-0.05, 0) is 37.3 Å². The third-order valence-electron chi connectivity index (χ3n) is 5.33. The number of amides is 1. The van der Waals surface area contributed by atoms with Crippen molar-refractivity contribution < 1.29 is 19.0 Å². The number of aryl methyl sites for hydroxylation is 1. The van der Waals surface area contributed by atoms with Gasteiger partial charge >= 0.3 is 0 Å². The number of carbonyl (C=O) groups is 1. The summed E-state index contributed by atoms with van der Waals surface area (Å²) < 4.78 is 18.9. The van der Waals surface area contributed by atoms with E-state index < -0.39 is 6.10 Å². The Morgan fingerprint density at radius 1 is 1.23 bits per heavy atom. The molecule has 2 aromatic heterocycles. The minimum atomic E-state index is -0.746. The minimum absolute atomic E-state index is 0.145. The van der Waals surface area contributed by atoms with Crippen LogP contribution in [0.5, 0.6) is 17.2 Å². The predicted octanol–water partition coefficient (Wildman–Crippen LogP) is 3.84. The molecule has 0 aliphatic carbocycles. The van der Waals surface area contributed by atoms with Gasteiger partial charge in [-0.2, -0.15) is 5.10 Å². The van der Waals surface area contributed by atoms with Crippen LogP contribution in [0.25, 0.3) is 22.3 Å². The van der Waals surface area contributed by atoms with Crippen molar-refractivity contribution in [3.8, 4) is 28.6 Å². The molecular weight excluding hydrogens is 396 g/mol. The van der Waals surface area contributed by atoms with E-state index in [1.54, 1.807) is 13.2 Å². The van der Waals surface area contributed by atoms with Gasteiger partial charge in [0.1, 0.15) is 12.4 Å². The van der Waals surface area contributed by atoms with Crippen molar-refractivity contribution in [3.63, 3.8) is 0 Å². The normalized spacial score (nSPS) is 15.1. The van der Waals surface area contributed by atoms with Gasteiger partial charge in [0.2, 0.25) is 6.10 Å². The first kappa shape index (κ1) is 19.0. The Kier molecular flexibility index (Phi) is 4.74. The maximum absolute atomic E-state index is 12.7. The number of nitrogens with one attached hydrogen (secondary N) is 2. The molecule has 158 valence electrons. The van der Waals surface area contributed by atoms with Gasteiger partial charge in [-0.3, -0.25) is 9.89 Å². The summed E-state index contributed by atoms with van der Waals surface area (Å²) in [4.78, 5) is 12.7. The second-order valence-corrected chi connectivity index (χ2v) is 7.22. The van der Waals surface area contributed by atoms with E-state index in [-0.39, 0.29) is 12.5 Å². The van der Waals surface area contributed by atoms with Gasteiger partial charge in [-0.15, -0.1) is 0 Å². The van der Waals surface area contributed by atoms with Crippen molar-refractivity contribution in [2.45, 2.75) is 19.6 Å². The maximum Gasteiger partial charge on any atom is 0.270 e. The zero-order valence-electron chi connectivity index (χ0n) is 17.2. The lowest BCUT2D eigenvalue weighted by Crippen LogP contribution is -2.40. The number of fused-ring (bicyclic) bond motifs is 2. The number of hydrogen-bond donors (Lipinski definition) is 2. The average molecular weight is 418 g/mol. The van der Waals surface area contributed by atoms with Gasteiger partial charge in [-0.25, -0.2) is 0 Å². The first-order chi connectivity index (χ1) is 15.2. The summed E-state index contributed by atoms with van der Waals surface area (Å²) in [6.07, 6.45) is -0.746. The monoisotopic (exact) mass is 418 g/mol. The fourth-order valence-corrected chi connectivity index (χ4v) is 3.80. The molecule has 0 radical (unpaired) electrons. The van der Waals surface area contributed by atoms with Crippen LogP contribution in [0.4, 0.5) is 5.82 Å². The minimum Gasteiger partial charge on any atom is -0.497 e. The Morgan fingerprint density at radius 2 is 2.06 bits per heavy atom. The topological polar surface area (TPSA) is 90.4 Å². The number of para-hydroxylation sites is 2. The molecule has 1 aliphatic heterocycles. The number of anilines is 1. The summed E-state index contributed by atoms with van der Waals surface area (Å²) in [7, 11) is 1.66. The Bertz CT molecular complexity index is 1260. The van der Waals surface area contributed by atoms with Crippen molar-refractivity contribution in [1.82, 2.24) is 14.8 Å². The third-order valence-corrected chi connectivity index (χ3v) is 5.33. The molecular formula is C23H22N4O4. The first-order valence-electron chi connectivity index (χ1n) is 10.1. The molecule has 2 aromatic carbocycles. The Hall–Kier alpha value is -3.94. The molecule has 0 saturated heterocycles. The van der Waals surface area contributed by atoms with Crippen LogP contribution in [-0.2, 0) is 11.3 Å². The molecule has 1 aliphatic rings. The number of rotatable bonds is 5. The highest BCUT2D eigenvalue weighted by Crippen LogP contribution is 2.32. The van der Waals surface area contributed by atoms with E-state index >= 15 is 0 Å². The van der Waals surface area contributed by atoms with Crippen molar-refractivity contribution in [3.05, 3.63) is 54.6 Å². The zero-order chi connectivity index (χ0) is 21.4. The number of methoxy groups -OCH3 is 1. The molecule has 0 bridgehead atoms. The maximum atomic E-state index is 12.7. The summed E-state index contributed by atoms with van der Waals surface area (Å²) >= 11 is 0. The van der Waals surface area contributed by atoms with E-state index in [2.05, 4.69) is 33.1 Å². The summed E-state index contributed by atoms with van der Waals surface area (Å²) in [6, 6.07) is 17.2. The fourth-order valence-electron chi connectivity index (χ4n) is 3.80. The van der Waals surface area contributed by atoms with Gasteiger partial charge in [-0.1, -0.05) is 12.1 Å². The van der Waals surface area contributed by atoms with Crippen LogP contribution in [0.15, 0.2) is 54.6 Å². The number of ether oxygens (including phenoxy) is 3. The number of hydrogen-bond acceptors (Lipinski definition) is 5. The van der Waals surface area contributed by atoms with Crippen LogP contribution in [0, 0.1) is 0 Å². The van der Waals surface area contributed by atoms with Gasteiger partial charge in [0.15, 0.2) is 17.3 Å². The van der Waals surface area contributed by atoms with E-state index in [0.29, 0.717) is 17.3 Å². The summed E-state index contributed by atoms with van der Waals surface area (Å²) in [5.41, 5.74) is 2.85. The molecule has 0 unspecified atom stereocenters. The number of benzene rings is 2. The van der Waals surface area contributed by atoms with E-state index in [1.807, 2.05) is 42.5 Å². The number of aromatic nitrogens is 3. The van der Waals surface area contributed by atoms with Crippen LogP contribution in [-0.4, -0.2) is 40.5 Å². The number of carbonyl (C=O) groups excluding carboxylic acids is 1. The number of H-pyrrole nitrogens is 1. The quantitative estimate of drug-likeness (QED) is 0.514. The van der Waals surface area contributed by atoms with E-state index in [4.69, 9.17) is 14.2 Å². The molecule has 2 N–H and O–H groups in total. The average Bonchev–Trinajstić information content (AvgIpc) is 3.42. The first-order valence-corrected chi connectivity index (χ1v) is 10.1. The van der Waals surface area contributed by atoms with E-state index in [9.17, 15) is 4.79 Å². The standard InChI is InChI=1S/C23H22N4O4/c1-3-27-17-11-15(29-2)9-8-14(17)10-18(27)16-12-22(26-25-16)24-23(28)21-13-30-19-6-4-5-7-20(19)31-21/h4-12,21H,3,13H2,1-2H3,(H2,24,25,26,28)/t21-/m0/s1. The summed E-state index contributed by atoms with van der Waals surface area (Å²) in [5.74, 6) is 2.11. The number of nitrogens with zero attached hydrogens (tertiary/aromatic N) is 2. The van der Waals surface area contributed by atoms with Crippen LogP contribution in [0.1, 0.15) is 6.92 Å². The van der Waals surface area contributed by atoms with Crippen molar-refractivity contribution in [2.24, 2.45) is 0 Å². The van der Waals surface area contributed by atoms with Crippen molar-refractivity contribution in [1.29, 1.82) is 0 Å². The molecule has 31 heavy (non-hydrogen) atoms. The lowest BCUT2D eigenvalue weighted by atomic mass is 10.2. The second-order valence-electron chi connectivity index (χ2n) is 7.22. The Labute approximate surface area is 178 Å². The van der Waals surface area contributed by atoms with Crippen LogP contribution < -0.4 is 19.5 Å². The number of aromatic amines is 1. The van der Waals surface area contributed by atoms with E-state index in [1.165, 1.54) is 0 Å². The molecule has 0 saturated carbocycles. The molecule has 4 aromatic rings. The highest BCUT2D eigenvalue weighted by atomic mass is 16.6. The highest BCUT2D eigenvalue weighted by Gasteiger charge is 2.28. The van der Waals surface area contributed by atoms with Gasteiger partial charge in [0, 0.05) is 24.1 Å². The van der Waals surface area contributed by atoms with Crippen molar-refractivity contribution >= 4 is 22.6 Å². The third kappa shape index (κ3) is 3.46. The molecule has 1 amide bonds. The SMILES string of the molecule is CCn1c(-c2cc(NC(=O)[C@@H]3COc4ccccc4O3)n[nH]2)cc2ccc(OC)cc21. The molecule has 0 spiro atoms. The van der Waals surface area contributed by atoms with Crippen LogP contribution in [0.2, 0.25) is 0 Å². The molecule has 8 heteroatoms. The summed E-state index contributed by atoms with van der Waals surface area (Å²) in [5, 5.41) is 11.2. The van der Waals surface area contributed by atoms with Crippen molar-refractivity contribution in [2.75, 3.05) is 19.0 Å². The largest absolute Gasteiger partial charge is 0.497 e. The van der Waals surface area contributed by atoms with E-state index in [0.717, 1.165) is 34.6 Å². The summed E-state index contributed by atoms with van der Waals surface area (Å²) in [6.45, 7) is 3.01. The highest BCUT2D eigenvalue weighted by molar-refractivity contribution is 5.94. The lowest BCUT2D eigenvalue weighted by molar-refractivity contribution is -0.125. The lowest BCUT2D eigenvalue weighted by Gasteiger charge is -2.25. The zero-order valence-corrected chi connectivity index (χ0v) is 17.2. The fraction of sp³-hybridized carbons (Fsp3) is 0.217.